The standard InChI is InChI=1S/C16H17FN2O5/c1-16(2)14(22)19(15(23)18-16)7-6-13(21)24-9-12(20)10-4-3-5-11(17)8-10/h3-5,8H,6-7,9H2,1-2H3,(H,18,23). The first-order valence-corrected chi connectivity index (χ1v) is 7.29. The lowest BCUT2D eigenvalue weighted by Gasteiger charge is -2.15. The molecule has 1 saturated heterocycles. The van der Waals surface area contributed by atoms with Crippen LogP contribution in [0.1, 0.15) is 30.6 Å². The van der Waals surface area contributed by atoms with Gasteiger partial charge in [0, 0.05) is 12.1 Å². The minimum atomic E-state index is -1.01. The number of hydrogen-bond donors (Lipinski definition) is 1. The third-order valence-electron chi connectivity index (χ3n) is 3.49. The van der Waals surface area contributed by atoms with Crippen molar-refractivity contribution in [3.8, 4) is 0 Å². The minimum absolute atomic E-state index is 0.0960. The number of carbonyl (C=O) groups is 4. The number of ketones is 1. The van der Waals surface area contributed by atoms with Crippen LogP contribution in [0.3, 0.4) is 0 Å². The summed E-state index contributed by atoms with van der Waals surface area (Å²) in [6.45, 7) is 2.45. The van der Waals surface area contributed by atoms with Crippen molar-refractivity contribution in [1.82, 2.24) is 10.2 Å². The lowest BCUT2D eigenvalue weighted by Crippen LogP contribution is -2.40. The van der Waals surface area contributed by atoms with Gasteiger partial charge < -0.3 is 10.1 Å². The summed E-state index contributed by atoms with van der Waals surface area (Å²) in [5.41, 5.74) is -0.910. The van der Waals surface area contributed by atoms with Crippen LogP contribution in [0.5, 0.6) is 0 Å². The van der Waals surface area contributed by atoms with Crippen molar-refractivity contribution in [3.05, 3.63) is 35.6 Å². The molecule has 0 aromatic heterocycles. The van der Waals surface area contributed by atoms with Gasteiger partial charge in [-0.1, -0.05) is 12.1 Å². The number of nitrogens with one attached hydrogen (secondary N) is 1. The van der Waals surface area contributed by atoms with Gasteiger partial charge in [-0.25, -0.2) is 9.18 Å². The van der Waals surface area contributed by atoms with E-state index < -0.39 is 41.7 Å². The molecule has 1 aliphatic rings. The molecule has 0 bridgehead atoms. The van der Waals surface area contributed by atoms with E-state index in [-0.39, 0.29) is 18.5 Å². The summed E-state index contributed by atoms with van der Waals surface area (Å²) >= 11 is 0. The first-order chi connectivity index (χ1) is 11.2. The zero-order chi connectivity index (χ0) is 17.9. The summed E-state index contributed by atoms with van der Waals surface area (Å²) < 4.78 is 17.8. The summed E-state index contributed by atoms with van der Waals surface area (Å²) in [6, 6.07) is 4.46. The van der Waals surface area contributed by atoms with Crippen LogP contribution >= 0.6 is 0 Å². The molecule has 8 heteroatoms. The van der Waals surface area contributed by atoms with Crippen molar-refractivity contribution in [2.24, 2.45) is 0 Å². The second-order valence-corrected chi connectivity index (χ2v) is 5.86. The minimum Gasteiger partial charge on any atom is -0.457 e. The molecule has 3 amide bonds. The molecule has 0 radical (unpaired) electrons. The lowest BCUT2D eigenvalue weighted by molar-refractivity contribution is -0.143. The number of benzene rings is 1. The summed E-state index contributed by atoms with van der Waals surface area (Å²) in [7, 11) is 0. The smallest absolute Gasteiger partial charge is 0.325 e. The molecule has 128 valence electrons. The van der Waals surface area contributed by atoms with Crippen molar-refractivity contribution in [2.75, 3.05) is 13.2 Å². The van der Waals surface area contributed by atoms with Gasteiger partial charge in [-0.2, -0.15) is 0 Å². The second kappa shape index (κ2) is 6.77. The molecule has 24 heavy (non-hydrogen) atoms. The predicted octanol–water partition coefficient (Wildman–Crippen LogP) is 1.27. The van der Waals surface area contributed by atoms with E-state index in [9.17, 15) is 23.6 Å². The Morgan fingerprint density at radius 1 is 1.29 bits per heavy atom. The molecular formula is C16H17FN2O5. The first-order valence-electron chi connectivity index (χ1n) is 7.29. The van der Waals surface area contributed by atoms with Crippen LogP contribution in [0.15, 0.2) is 24.3 Å². The highest BCUT2D eigenvalue weighted by Gasteiger charge is 2.44. The average Bonchev–Trinajstić information content (AvgIpc) is 2.71. The van der Waals surface area contributed by atoms with Gasteiger partial charge in [0.1, 0.15) is 11.4 Å². The number of rotatable bonds is 6. The highest BCUT2D eigenvalue weighted by atomic mass is 19.1. The number of urea groups is 1. The SMILES string of the molecule is CC1(C)NC(=O)N(CCC(=O)OCC(=O)c2cccc(F)c2)C1=O. The van der Waals surface area contributed by atoms with Crippen molar-refractivity contribution >= 4 is 23.7 Å². The number of Topliss-reactive ketones (excluding diaryl/α,β-unsaturated/α-hetero) is 1. The van der Waals surface area contributed by atoms with Gasteiger partial charge in [-0.3, -0.25) is 19.3 Å². The van der Waals surface area contributed by atoms with E-state index >= 15 is 0 Å². The Labute approximate surface area is 137 Å². The van der Waals surface area contributed by atoms with E-state index in [1.54, 1.807) is 13.8 Å². The van der Waals surface area contributed by atoms with E-state index in [0.717, 1.165) is 11.0 Å². The summed E-state index contributed by atoms with van der Waals surface area (Å²) in [5.74, 6) is -2.27. The Morgan fingerprint density at radius 2 is 2.00 bits per heavy atom. The van der Waals surface area contributed by atoms with Gasteiger partial charge in [0.25, 0.3) is 5.91 Å². The van der Waals surface area contributed by atoms with Crippen LogP contribution < -0.4 is 5.32 Å². The number of carbonyl (C=O) groups excluding carboxylic acids is 4. The van der Waals surface area contributed by atoms with Crippen molar-refractivity contribution in [3.63, 3.8) is 0 Å². The number of nitrogens with zero attached hydrogens (tertiary/aromatic N) is 1. The predicted molar refractivity (Wildman–Crippen MR) is 80.6 cm³/mol. The van der Waals surface area contributed by atoms with Crippen LogP contribution in [-0.2, 0) is 14.3 Å². The van der Waals surface area contributed by atoms with Crippen LogP contribution in [0.4, 0.5) is 9.18 Å². The number of ether oxygens (including phenoxy) is 1. The fourth-order valence-electron chi connectivity index (χ4n) is 2.19. The quantitative estimate of drug-likeness (QED) is 0.480. The Hall–Kier alpha value is -2.77. The van der Waals surface area contributed by atoms with Crippen molar-refractivity contribution < 1.29 is 28.3 Å². The van der Waals surface area contributed by atoms with E-state index in [0.29, 0.717) is 0 Å². The number of halogens is 1. The zero-order valence-corrected chi connectivity index (χ0v) is 13.3. The maximum Gasteiger partial charge on any atom is 0.325 e. The van der Waals surface area contributed by atoms with Crippen LogP contribution in [0.25, 0.3) is 0 Å². The summed E-state index contributed by atoms with van der Waals surface area (Å²) in [6.07, 6.45) is -0.230. The zero-order valence-electron chi connectivity index (χ0n) is 13.3. The highest BCUT2D eigenvalue weighted by Crippen LogP contribution is 2.16. The molecule has 1 fully saturated rings. The fraction of sp³-hybridized carbons (Fsp3) is 0.375. The van der Waals surface area contributed by atoms with E-state index in [2.05, 4.69) is 5.32 Å². The number of hydrogen-bond acceptors (Lipinski definition) is 5. The van der Waals surface area contributed by atoms with Gasteiger partial charge in [0.05, 0.1) is 6.42 Å². The molecule has 0 aliphatic carbocycles. The van der Waals surface area contributed by atoms with E-state index in [1.807, 2.05) is 0 Å². The van der Waals surface area contributed by atoms with Crippen molar-refractivity contribution in [1.29, 1.82) is 0 Å². The van der Waals surface area contributed by atoms with E-state index in [1.165, 1.54) is 18.2 Å². The van der Waals surface area contributed by atoms with Gasteiger partial charge in [0.15, 0.2) is 12.4 Å². The monoisotopic (exact) mass is 336 g/mol. The molecule has 0 unspecified atom stereocenters. The highest BCUT2D eigenvalue weighted by molar-refractivity contribution is 6.06. The summed E-state index contributed by atoms with van der Waals surface area (Å²) in [5, 5.41) is 2.49. The molecule has 0 spiro atoms. The van der Waals surface area contributed by atoms with Crippen molar-refractivity contribution in [2.45, 2.75) is 25.8 Å². The molecule has 7 nitrogen and oxygen atoms in total. The molecule has 1 aliphatic heterocycles. The number of esters is 1. The Bertz CT molecular complexity index is 701. The van der Waals surface area contributed by atoms with E-state index in [4.69, 9.17) is 4.74 Å². The summed E-state index contributed by atoms with van der Waals surface area (Å²) in [4.78, 5) is 47.9. The van der Waals surface area contributed by atoms with Crippen LogP contribution in [0, 0.1) is 5.82 Å². The first kappa shape index (κ1) is 17.6. The maximum atomic E-state index is 13.0. The molecule has 1 N–H and O–H groups in total. The van der Waals surface area contributed by atoms with Gasteiger partial charge in [0.2, 0.25) is 0 Å². The molecule has 2 rings (SSSR count). The molecular weight excluding hydrogens is 319 g/mol. The number of amides is 3. The fourth-order valence-corrected chi connectivity index (χ4v) is 2.19. The molecule has 0 atom stereocenters. The molecule has 0 saturated carbocycles. The maximum absolute atomic E-state index is 13.0. The van der Waals surface area contributed by atoms with Gasteiger partial charge in [-0.05, 0) is 26.0 Å². The Morgan fingerprint density at radius 3 is 2.58 bits per heavy atom. The second-order valence-electron chi connectivity index (χ2n) is 5.86. The van der Waals surface area contributed by atoms with Gasteiger partial charge in [-0.15, -0.1) is 0 Å². The topological polar surface area (TPSA) is 92.8 Å². The molecule has 1 aromatic rings. The molecule has 1 aromatic carbocycles. The lowest BCUT2D eigenvalue weighted by atomic mass is 10.1. The third-order valence-corrected chi connectivity index (χ3v) is 3.49. The average molecular weight is 336 g/mol. The van der Waals surface area contributed by atoms with Crippen LogP contribution in [0.2, 0.25) is 0 Å². The van der Waals surface area contributed by atoms with Gasteiger partial charge >= 0.3 is 12.0 Å². The number of imide groups is 1. The normalized spacial score (nSPS) is 16.0. The van der Waals surface area contributed by atoms with Crippen LogP contribution in [-0.4, -0.2) is 47.3 Å². The molecule has 1 heterocycles. The Kier molecular flexibility index (Phi) is 4.96. The third kappa shape index (κ3) is 3.95. The largest absolute Gasteiger partial charge is 0.457 e. The Balaban J connectivity index is 1.81.